The maximum absolute atomic E-state index is 12.0. The molecular formula is C13H18BrN3O3. The van der Waals surface area contributed by atoms with Gasteiger partial charge in [-0.3, -0.25) is 9.59 Å². The first-order chi connectivity index (χ1) is 9.52. The Morgan fingerprint density at radius 1 is 1.25 bits per heavy atom. The van der Waals surface area contributed by atoms with Crippen LogP contribution in [-0.4, -0.2) is 43.0 Å². The van der Waals surface area contributed by atoms with Crippen LogP contribution in [0.4, 0.5) is 0 Å². The molecule has 2 amide bonds. The van der Waals surface area contributed by atoms with Crippen molar-refractivity contribution in [2.24, 2.45) is 11.5 Å². The smallest absolute Gasteiger partial charge is 0.249 e. The van der Waals surface area contributed by atoms with Crippen molar-refractivity contribution in [1.82, 2.24) is 4.90 Å². The zero-order valence-electron chi connectivity index (χ0n) is 11.0. The number of hydrogen-bond donors (Lipinski definition) is 2. The van der Waals surface area contributed by atoms with Gasteiger partial charge in [0, 0.05) is 17.6 Å². The summed E-state index contributed by atoms with van der Waals surface area (Å²) in [6, 6.07) is 7.47. The normalized spacial score (nSPS) is 10.3. The number of benzene rings is 1. The van der Waals surface area contributed by atoms with E-state index in [4.69, 9.17) is 16.2 Å². The maximum atomic E-state index is 12.0. The minimum atomic E-state index is -0.561. The molecule has 0 heterocycles. The van der Waals surface area contributed by atoms with Gasteiger partial charge in [-0.25, -0.2) is 0 Å². The van der Waals surface area contributed by atoms with Crippen molar-refractivity contribution in [2.45, 2.75) is 6.54 Å². The molecule has 7 heteroatoms. The lowest BCUT2D eigenvalue weighted by atomic mass is 10.2. The Kier molecular flexibility index (Phi) is 7.21. The molecule has 4 N–H and O–H groups in total. The number of ether oxygens (including phenoxy) is 1. The molecule has 110 valence electrons. The first-order valence-electron chi connectivity index (χ1n) is 6.11. The van der Waals surface area contributed by atoms with Crippen LogP contribution in [0.25, 0.3) is 0 Å². The largest absolute Gasteiger partial charge is 0.370 e. The van der Waals surface area contributed by atoms with Crippen LogP contribution in [0.1, 0.15) is 5.56 Å². The van der Waals surface area contributed by atoms with Crippen LogP contribution in [0.2, 0.25) is 0 Å². The SMILES string of the molecule is NCCOCC(=O)N(CC(N)=O)Cc1ccc(Br)cc1. The summed E-state index contributed by atoms with van der Waals surface area (Å²) in [5.41, 5.74) is 11.3. The zero-order valence-corrected chi connectivity index (χ0v) is 12.6. The highest BCUT2D eigenvalue weighted by Gasteiger charge is 2.16. The second kappa shape index (κ2) is 8.68. The van der Waals surface area contributed by atoms with Gasteiger partial charge >= 0.3 is 0 Å². The van der Waals surface area contributed by atoms with Crippen LogP contribution in [0, 0.1) is 0 Å². The van der Waals surface area contributed by atoms with Gasteiger partial charge in [0.1, 0.15) is 6.61 Å². The van der Waals surface area contributed by atoms with Gasteiger partial charge in [-0.15, -0.1) is 0 Å². The number of carbonyl (C=O) groups is 2. The highest BCUT2D eigenvalue weighted by atomic mass is 79.9. The Morgan fingerprint density at radius 3 is 2.45 bits per heavy atom. The number of carbonyl (C=O) groups excluding carboxylic acids is 2. The third-order valence-electron chi connectivity index (χ3n) is 2.47. The fourth-order valence-corrected chi connectivity index (χ4v) is 1.83. The fourth-order valence-electron chi connectivity index (χ4n) is 1.56. The molecule has 0 saturated carbocycles. The molecule has 1 aromatic rings. The second-order valence-corrected chi connectivity index (χ2v) is 5.10. The molecule has 6 nitrogen and oxygen atoms in total. The number of primary amides is 1. The number of nitrogens with two attached hydrogens (primary N) is 2. The van der Waals surface area contributed by atoms with E-state index in [0.717, 1.165) is 10.0 Å². The summed E-state index contributed by atoms with van der Waals surface area (Å²) < 4.78 is 6.03. The molecule has 0 unspecified atom stereocenters. The van der Waals surface area contributed by atoms with Crippen molar-refractivity contribution < 1.29 is 14.3 Å². The van der Waals surface area contributed by atoms with Crippen LogP contribution in [0.3, 0.4) is 0 Å². The predicted molar refractivity (Wildman–Crippen MR) is 78.6 cm³/mol. The van der Waals surface area contributed by atoms with Crippen LogP contribution < -0.4 is 11.5 Å². The lowest BCUT2D eigenvalue weighted by Crippen LogP contribution is -2.40. The van der Waals surface area contributed by atoms with E-state index < -0.39 is 5.91 Å². The van der Waals surface area contributed by atoms with Crippen molar-refractivity contribution in [1.29, 1.82) is 0 Å². The number of nitrogens with zero attached hydrogens (tertiary/aromatic N) is 1. The fraction of sp³-hybridized carbons (Fsp3) is 0.385. The Morgan fingerprint density at radius 2 is 1.90 bits per heavy atom. The Labute approximate surface area is 126 Å². The molecule has 0 aliphatic rings. The van der Waals surface area contributed by atoms with Crippen LogP contribution >= 0.6 is 15.9 Å². The third-order valence-corrected chi connectivity index (χ3v) is 3.00. The summed E-state index contributed by atoms with van der Waals surface area (Å²) in [7, 11) is 0. The zero-order chi connectivity index (χ0) is 15.0. The van der Waals surface area contributed by atoms with Crippen LogP contribution in [0.5, 0.6) is 0 Å². The lowest BCUT2D eigenvalue weighted by Gasteiger charge is -2.21. The van der Waals surface area contributed by atoms with Gasteiger partial charge in [0.2, 0.25) is 11.8 Å². The first kappa shape index (κ1) is 16.6. The topological polar surface area (TPSA) is 98.7 Å². The van der Waals surface area contributed by atoms with E-state index in [9.17, 15) is 9.59 Å². The van der Waals surface area contributed by atoms with E-state index in [1.807, 2.05) is 24.3 Å². The molecule has 0 spiro atoms. The molecule has 0 atom stereocenters. The monoisotopic (exact) mass is 343 g/mol. The van der Waals surface area contributed by atoms with Gasteiger partial charge in [0.05, 0.1) is 13.2 Å². The number of amides is 2. The van der Waals surface area contributed by atoms with E-state index in [2.05, 4.69) is 15.9 Å². The van der Waals surface area contributed by atoms with Crippen molar-refractivity contribution in [3.63, 3.8) is 0 Å². The predicted octanol–water partition coefficient (Wildman–Crippen LogP) is 0.238. The summed E-state index contributed by atoms with van der Waals surface area (Å²) in [6.07, 6.45) is 0. The molecule has 0 fully saturated rings. The quantitative estimate of drug-likeness (QED) is 0.660. The Balaban J connectivity index is 2.65. The number of hydrogen-bond acceptors (Lipinski definition) is 4. The van der Waals surface area contributed by atoms with Crippen LogP contribution in [0.15, 0.2) is 28.7 Å². The summed E-state index contributed by atoms with van der Waals surface area (Å²) in [5.74, 6) is -0.852. The van der Waals surface area contributed by atoms with Gasteiger partial charge in [0.15, 0.2) is 0 Å². The Hall–Kier alpha value is -1.44. The van der Waals surface area contributed by atoms with Crippen molar-refractivity contribution in [2.75, 3.05) is 26.3 Å². The summed E-state index contributed by atoms with van der Waals surface area (Å²) in [4.78, 5) is 24.4. The van der Waals surface area contributed by atoms with Gasteiger partial charge in [-0.05, 0) is 17.7 Å². The highest BCUT2D eigenvalue weighted by Crippen LogP contribution is 2.12. The molecule has 1 aromatic carbocycles. The van der Waals surface area contributed by atoms with Crippen LogP contribution in [-0.2, 0) is 20.9 Å². The van der Waals surface area contributed by atoms with Gasteiger partial charge in [0.25, 0.3) is 0 Å². The molecule has 0 bridgehead atoms. The van der Waals surface area contributed by atoms with E-state index in [-0.39, 0.29) is 19.1 Å². The van der Waals surface area contributed by atoms with Crippen molar-refractivity contribution in [3.8, 4) is 0 Å². The van der Waals surface area contributed by atoms with E-state index in [0.29, 0.717) is 19.7 Å². The molecule has 0 radical (unpaired) electrons. The van der Waals surface area contributed by atoms with Gasteiger partial charge < -0.3 is 21.1 Å². The highest BCUT2D eigenvalue weighted by molar-refractivity contribution is 9.10. The van der Waals surface area contributed by atoms with Gasteiger partial charge in [-0.2, -0.15) is 0 Å². The summed E-state index contributed by atoms with van der Waals surface area (Å²) >= 11 is 3.34. The first-order valence-corrected chi connectivity index (χ1v) is 6.90. The van der Waals surface area contributed by atoms with Gasteiger partial charge in [-0.1, -0.05) is 28.1 Å². The summed E-state index contributed by atoms with van der Waals surface area (Å²) in [5, 5.41) is 0. The standard InChI is InChI=1S/C13H18BrN3O3/c14-11-3-1-10(2-4-11)7-17(8-12(16)18)13(19)9-20-6-5-15/h1-4H,5-9,15H2,(H2,16,18). The molecule has 0 aliphatic heterocycles. The number of halogens is 1. The molecule has 0 saturated heterocycles. The molecule has 20 heavy (non-hydrogen) atoms. The van der Waals surface area contributed by atoms with Crippen molar-refractivity contribution in [3.05, 3.63) is 34.3 Å². The van der Waals surface area contributed by atoms with Crippen molar-refractivity contribution >= 4 is 27.7 Å². The van der Waals surface area contributed by atoms with E-state index >= 15 is 0 Å². The number of rotatable bonds is 8. The minimum absolute atomic E-state index is 0.110. The molecular weight excluding hydrogens is 326 g/mol. The third kappa shape index (κ3) is 6.14. The Bertz CT molecular complexity index is 451. The molecule has 0 aliphatic carbocycles. The molecule has 1 rings (SSSR count). The second-order valence-electron chi connectivity index (χ2n) is 4.18. The van der Waals surface area contributed by atoms with E-state index in [1.165, 1.54) is 4.90 Å². The maximum Gasteiger partial charge on any atom is 0.249 e. The molecule has 0 aromatic heterocycles. The average Bonchev–Trinajstić information content (AvgIpc) is 2.40. The van der Waals surface area contributed by atoms with E-state index in [1.54, 1.807) is 0 Å². The minimum Gasteiger partial charge on any atom is -0.370 e. The average molecular weight is 344 g/mol. The lowest BCUT2D eigenvalue weighted by molar-refractivity contribution is -0.139. The summed E-state index contributed by atoms with van der Waals surface area (Å²) in [6.45, 7) is 0.702.